The Morgan fingerprint density at radius 1 is 0.952 bits per heavy atom. The average molecular weight is 294 g/mol. The van der Waals surface area contributed by atoms with Gasteiger partial charge in [-0.25, -0.2) is 9.59 Å². The molecule has 4 heteroatoms. The van der Waals surface area contributed by atoms with Gasteiger partial charge >= 0.3 is 11.9 Å². The molecule has 0 aromatic heterocycles. The first kappa shape index (κ1) is 17.5. The molecule has 0 fully saturated rings. The number of hydrogen-bond donors (Lipinski definition) is 0. The molecule has 0 aliphatic heterocycles. The van der Waals surface area contributed by atoms with Crippen molar-refractivity contribution in [3.05, 3.63) is 23.3 Å². The first-order chi connectivity index (χ1) is 9.99. The van der Waals surface area contributed by atoms with E-state index in [1.807, 2.05) is 39.8 Å². The Labute approximate surface area is 127 Å². The largest absolute Gasteiger partial charge is 0.462 e. The summed E-state index contributed by atoms with van der Waals surface area (Å²) in [7, 11) is 0. The summed E-state index contributed by atoms with van der Waals surface area (Å²) in [6, 6.07) is 0. The number of ether oxygens (including phenoxy) is 2. The lowest BCUT2D eigenvalue weighted by molar-refractivity contribution is -0.142. The van der Waals surface area contributed by atoms with Gasteiger partial charge in [-0.05, 0) is 31.1 Å². The zero-order chi connectivity index (χ0) is 15.8. The van der Waals surface area contributed by atoms with Gasteiger partial charge < -0.3 is 9.47 Å². The molecule has 1 rings (SSSR count). The monoisotopic (exact) mass is 294 g/mol. The fourth-order valence-electron chi connectivity index (χ4n) is 2.37. The number of hydrogen-bond acceptors (Lipinski definition) is 4. The molecule has 0 heterocycles. The van der Waals surface area contributed by atoms with Crippen molar-refractivity contribution in [3.8, 4) is 0 Å². The van der Waals surface area contributed by atoms with E-state index in [1.165, 1.54) is 0 Å². The van der Waals surface area contributed by atoms with E-state index in [9.17, 15) is 9.59 Å². The van der Waals surface area contributed by atoms with Crippen molar-refractivity contribution in [2.24, 2.45) is 11.8 Å². The van der Waals surface area contributed by atoms with Crippen LogP contribution in [0.25, 0.3) is 0 Å². The van der Waals surface area contributed by atoms with Crippen molar-refractivity contribution in [2.75, 3.05) is 13.2 Å². The Hall–Kier alpha value is -1.58. The summed E-state index contributed by atoms with van der Waals surface area (Å²) in [6.07, 6.45) is 6.07. The van der Waals surface area contributed by atoms with Crippen LogP contribution in [0, 0.1) is 11.8 Å². The molecule has 0 radical (unpaired) electrons. The molecule has 0 aromatic rings. The summed E-state index contributed by atoms with van der Waals surface area (Å²) in [5.74, 6) is -0.427. The third-order valence-electron chi connectivity index (χ3n) is 3.25. The summed E-state index contributed by atoms with van der Waals surface area (Å²) < 4.78 is 10.4. The predicted molar refractivity (Wildman–Crippen MR) is 81.6 cm³/mol. The van der Waals surface area contributed by atoms with Gasteiger partial charge in [0.05, 0.1) is 24.4 Å². The second-order valence-electron chi connectivity index (χ2n) is 5.62. The van der Waals surface area contributed by atoms with Gasteiger partial charge in [-0.2, -0.15) is 0 Å². The maximum Gasteiger partial charge on any atom is 0.338 e. The van der Waals surface area contributed by atoms with E-state index in [2.05, 4.69) is 0 Å². The van der Waals surface area contributed by atoms with Crippen LogP contribution in [0.5, 0.6) is 0 Å². The number of carbonyl (C=O) groups is 2. The standard InChI is InChI=1S/C17H26O4/c1-5-7-20-16(18)14-10-12(3)9-13(4)11-15(14)17(19)21-8-6-2/h10-13H,5-9H2,1-4H3. The fraction of sp³-hybridized carbons (Fsp3) is 0.647. The second kappa shape index (κ2) is 8.65. The van der Waals surface area contributed by atoms with E-state index < -0.39 is 11.9 Å². The van der Waals surface area contributed by atoms with Crippen molar-refractivity contribution in [1.29, 1.82) is 0 Å². The third kappa shape index (κ3) is 5.37. The lowest BCUT2D eigenvalue weighted by atomic mass is 9.98. The molecule has 1 aliphatic carbocycles. The molecular formula is C17H26O4. The molecule has 0 bridgehead atoms. The lowest BCUT2D eigenvalue weighted by Gasteiger charge is -2.11. The van der Waals surface area contributed by atoms with Gasteiger partial charge in [0.25, 0.3) is 0 Å². The van der Waals surface area contributed by atoms with Gasteiger partial charge in [-0.3, -0.25) is 0 Å². The van der Waals surface area contributed by atoms with Crippen molar-refractivity contribution in [1.82, 2.24) is 0 Å². The zero-order valence-corrected chi connectivity index (χ0v) is 13.5. The number of rotatable bonds is 6. The van der Waals surface area contributed by atoms with Crippen LogP contribution in [0.3, 0.4) is 0 Å². The van der Waals surface area contributed by atoms with Crippen molar-refractivity contribution in [3.63, 3.8) is 0 Å². The molecule has 0 amide bonds. The van der Waals surface area contributed by atoms with Crippen LogP contribution in [0.15, 0.2) is 23.3 Å². The van der Waals surface area contributed by atoms with E-state index in [4.69, 9.17) is 9.47 Å². The van der Waals surface area contributed by atoms with Gasteiger partial charge in [-0.15, -0.1) is 0 Å². The van der Waals surface area contributed by atoms with Crippen LogP contribution in [0.1, 0.15) is 47.0 Å². The highest BCUT2D eigenvalue weighted by Crippen LogP contribution is 2.27. The number of allylic oxidation sites excluding steroid dienone is 2. The smallest absolute Gasteiger partial charge is 0.338 e. The summed E-state index contributed by atoms with van der Waals surface area (Å²) >= 11 is 0. The van der Waals surface area contributed by atoms with Crippen LogP contribution in [0.4, 0.5) is 0 Å². The van der Waals surface area contributed by atoms with Crippen molar-refractivity contribution in [2.45, 2.75) is 47.0 Å². The highest BCUT2D eigenvalue weighted by molar-refractivity contribution is 6.07. The van der Waals surface area contributed by atoms with Gasteiger partial charge in [0, 0.05) is 0 Å². The van der Waals surface area contributed by atoms with Gasteiger partial charge in [0.1, 0.15) is 0 Å². The first-order valence-corrected chi connectivity index (χ1v) is 7.77. The second-order valence-corrected chi connectivity index (χ2v) is 5.62. The molecule has 0 N–H and O–H groups in total. The number of carbonyl (C=O) groups excluding carboxylic acids is 2. The van der Waals surface area contributed by atoms with Crippen LogP contribution in [-0.4, -0.2) is 25.2 Å². The number of esters is 2. The van der Waals surface area contributed by atoms with Gasteiger partial charge in [-0.1, -0.05) is 39.8 Å². The Morgan fingerprint density at radius 2 is 1.33 bits per heavy atom. The van der Waals surface area contributed by atoms with E-state index in [0.29, 0.717) is 24.4 Å². The SMILES string of the molecule is CCCOC(=O)C1=CC(C)CC(C)C=C1C(=O)OCCC. The van der Waals surface area contributed by atoms with E-state index in [1.54, 1.807) is 0 Å². The van der Waals surface area contributed by atoms with E-state index in [0.717, 1.165) is 19.3 Å². The molecule has 2 atom stereocenters. The van der Waals surface area contributed by atoms with Gasteiger partial charge in [0.2, 0.25) is 0 Å². The molecule has 0 aromatic carbocycles. The molecule has 0 saturated carbocycles. The minimum atomic E-state index is -0.433. The average Bonchev–Trinajstić information content (AvgIpc) is 2.60. The van der Waals surface area contributed by atoms with E-state index in [-0.39, 0.29) is 11.8 Å². The lowest BCUT2D eigenvalue weighted by Crippen LogP contribution is -2.18. The van der Waals surface area contributed by atoms with Crippen molar-refractivity contribution >= 4 is 11.9 Å². The maximum absolute atomic E-state index is 12.2. The van der Waals surface area contributed by atoms with Crippen LogP contribution in [0.2, 0.25) is 0 Å². The highest BCUT2D eigenvalue weighted by atomic mass is 16.5. The first-order valence-electron chi connectivity index (χ1n) is 7.77. The molecule has 118 valence electrons. The van der Waals surface area contributed by atoms with Crippen LogP contribution >= 0.6 is 0 Å². The molecule has 0 spiro atoms. The zero-order valence-electron chi connectivity index (χ0n) is 13.5. The Kier molecular flexibility index (Phi) is 7.20. The van der Waals surface area contributed by atoms with E-state index >= 15 is 0 Å². The normalized spacial score (nSPS) is 21.9. The minimum absolute atomic E-state index is 0.219. The molecule has 21 heavy (non-hydrogen) atoms. The Bertz CT molecular complexity index is 394. The molecule has 2 unspecified atom stereocenters. The van der Waals surface area contributed by atoms with Crippen molar-refractivity contribution < 1.29 is 19.1 Å². The van der Waals surface area contributed by atoms with Gasteiger partial charge in [0.15, 0.2) is 0 Å². The molecular weight excluding hydrogens is 268 g/mol. The van der Waals surface area contributed by atoms with Crippen LogP contribution in [-0.2, 0) is 19.1 Å². The maximum atomic E-state index is 12.2. The van der Waals surface area contributed by atoms with Crippen LogP contribution < -0.4 is 0 Å². The summed E-state index contributed by atoms with van der Waals surface area (Å²) in [6.45, 7) is 8.67. The minimum Gasteiger partial charge on any atom is -0.462 e. The summed E-state index contributed by atoms with van der Waals surface area (Å²) in [5.41, 5.74) is 0.697. The predicted octanol–water partition coefficient (Wildman–Crippen LogP) is 3.42. The molecule has 1 aliphatic rings. The third-order valence-corrected chi connectivity index (χ3v) is 3.25. The fourth-order valence-corrected chi connectivity index (χ4v) is 2.37. The molecule has 0 saturated heterocycles. The Morgan fingerprint density at radius 3 is 1.67 bits per heavy atom. The summed E-state index contributed by atoms with van der Waals surface area (Å²) in [5, 5.41) is 0. The summed E-state index contributed by atoms with van der Waals surface area (Å²) in [4.78, 5) is 24.4. The quantitative estimate of drug-likeness (QED) is 0.704. The topological polar surface area (TPSA) is 52.6 Å². The Balaban J connectivity index is 3.02. The molecule has 4 nitrogen and oxygen atoms in total. The highest BCUT2D eigenvalue weighted by Gasteiger charge is 2.27.